The van der Waals surface area contributed by atoms with Crippen molar-refractivity contribution in [3.8, 4) is 5.75 Å². The lowest BCUT2D eigenvalue weighted by atomic mass is 10.1. The monoisotopic (exact) mass is 547 g/mol. The third-order valence-electron chi connectivity index (χ3n) is 5.95. The van der Waals surface area contributed by atoms with Gasteiger partial charge in [0.2, 0.25) is 11.8 Å². The number of carbonyl (C=O) groups is 3. The zero-order valence-electron chi connectivity index (χ0n) is 20.5. The van der Waals surface area contributed by atoms with E-state index in [1.54, 1.807) is 23.5 Å². The lowest BCUT2D eigenvalue weighted by Gasteiger charge is -2.25. The van der Waals surface area contributed by atoms with E-state index in [2.05, 4.69) is 20.6 Å². The van der Waals surface area contributed by atoms with Gasteiger partial charge in [0.1, 0.15) is 17.6 Å². The number of rotatable bonds is 9. The summed E-state index contributed by atoms with van der Waals surface area (Å²) < 4.78 is 5.29. The third-order valence-corrected chi connectivity index (χ3v) is 7.76. The fourth-order valence-electron chi connectivity index (χ4n) is 4.11. The van der Waals surface area contributed by atoms with Crippen LogP contribution < -0.4 is 15.4 Å². The molecule has 194 valence electrons. The quantitative estimate of drug-likeness (QED) is 0.417. The molecule has 2 N–H and O–H groups in total. The highest BCUT2D eigenvalue weighted by atomic mass is 32.2. The Bertz CT molecular complexity index is 1420. The first-order chi connectivity index (χ1) is 18.5. The fourth-order valence-corrected chi connectivity index (χ4v) is 5.55. The van der Waals surface area contributed by atoms with Gasteiger partial charge in [-0.2, -0.15) is 0 Å². The number of carbonyl (C=O) groups excluding carboxylic acids is 3. The molecule has 0 saturated heterocycles. The average molecular weight is 548 g/mol. The first-order valence-corrected chi connectivity index (χ1v) is 13.8. The topological polar surface area (TPSA) is 112 Å². The molecule has 2 aromatic carbocycles. The van der Waals surface area contributed by atoms with Crippen molar-refractivity contribution in [1.29, 1.82) is 0 Å². The Kier molecular flexibility index (Phi) is 7.85. The number of thioether (sulfide) groups is 1. The molecular formula is C27H25N5O4S2. The van der Waals surface area contributed by atoms with Gasteiger partial charge in [0.05, 0.1) is 30.8 Å². The third kappa shape index (κ3) is 5.63. The Hall–Kier alpha value is -3.96. The number of ether oxygens (including phenoxy) is 1. The summed E-state index contributed by atoms with van der Waals surface area (Å²) in [6.45, 7) is 0.466. The van der Waals surface area contributed by atoms with Gasteiger partial charge in [-0.15, -0.1) is 11.3 Å². The van der Waals surface area contributed by atoms with Gasteiger partial charge in [0.15, 0.2) is 5.17 Å². The SMILES string of the molecule is COc1ccccc1NC(=O)CSC1=Nc2ccccc2C2=N[C@@H](CCC(=O)NCc3cccs3)C(=O)N12. The Labute approximate surface area is 228 Å². The highest BCUT2D eigenvalue weighted by Gasteiger charge is 2.41. The number of anilines is 1. The Balaban J connectivity index is 1.26. The van der Waals surface area contributed by atoms with Crippen LogP contribution in [-0.2, 0) is 20.9 Å². The number of fused-ring (bicyclic) bond motifs is 3. The highest BCUT2D eigenvalue weighted by molar-refractivity contribution is 8.14. The predicted octanol–water partition coefficient (Wildman–Crippen LogP) is 4.18. The molecule has 0 aliphatic carbocycles. The summed E-state index contributed by atoms with van der Waals surface area (Å²) in [6, 6.07) is 17.8. The number of thiophene rings is 1. The zero-order chi connectivity index (χ0) is 26.5. The molecule has 3 aromatic rings. The molecule has 0 fully saturated rings. The molecule has 3 heterocycles. The van der Waals surface area contributed by atoms with E-state index in [9.17, 15) is 14.4 Å². The molecule has 11 heteroatoms. The predicted molar refractivity (Wildman–Crippen MR) is 150 cm³/mol. The van der Waals surface area contributed by atoms with Crippen LogP contribution in [0.2, 0.25) is 0 Å². The van der Waals surface area contributed by atoms with Gasteiger partial charge in [-0.05, 0) is 42.1 Å². The van der Waals surface area contributed by atoms with Crippen LogP contribution in [0.25, 0.3) is 0 Å². The minimum absolute atomic E-state index is 0.0336. The van der Waals surface area contributed by atoms with Crippen LogP contribution in [0.4, 0.5) is 11.4 Å². The van der Waals surface area contributed by atoms with E-state index < -0.39 is 6.04 Å². The van der Waals surface area contributed by atoms with Crippen molar-refractivity contribution in [1.82, 2.24) is 10.2 Å². The van der Waals surface area contributed by atoms with Crippen molar-refractivity contribution < 1.29 is 19.1 Å². The first kappa shape index (κ1) is 25.7. The number of benzene rings is 2. The van der Waals surface area contributed by atoms with Gasteiger partial charge in [-0.1, -0.05) is 42.1 Å². The summed E-state index contributed by atoms with van der Waals surface area (Å²) in [5.74, 6) is 0.444. The average Bonchev–Trinajstić information content (AvgIpc) is 3.58. The molecule has 0 radical (unpaired) electrons. The number of hydrogen-bond donors (Lipinski definition) is 2. The molecule has 2 aliphatic heterocycles. The number of nitrogens with zero attached hydrogens (tertiary/aromatic N) is 3. The number of amides is 3. The summed E-state index contributed by atoms with van der Waals surface area (Å²) >= 11 is 2.74. The largest absolute Gasteiger partial charge is 0.495 e. The van der Waals surface area contributed by atoms with Crippen molar-refractivity contribution >= 4 is 63.2 Å². The maximum absolute atomic E-state index is 13.4. The number of amidine groups is 2. The lowest BCUT2D eigenvalue weighted by molar-refractivity contribution is -0.125. The molecule has 38 heavy (non-hydrogen) atoms. The van der Waals surface area contributed by atoms with Crippen molar-refractivity contribution in [2.45, 2.75) is 25.4 Å². The van der Waals surface area contributed by atoms with Gasteiger partial charge >= 0.3 is 0 Å². The zero-order valence-corrected chi connectivity index (χ0v) is 22.2. The number of aliphatic imine (C=N–C) groups is 2. The van der Waals surface area contributed by atoms with Gasteiger partial charge in [-0.3, -0.25) is 19.4 Å². The van der Waals surface area contributed by atoms with Gasteiger partial charge < -0.3 is 15.4 Å². The first-order valence-electron chi connectivity index (χ1n) is 12.0. The van der Waals surface area contributed by atoms with Crippen LogP contribution in [0.15, 0.2) is 76.0 Å². The fraction of sp³-hybridized carbons (Fsp3) is 0.222. The molecular weight excluding hydrogens is 522 g/mol. The Morgan fingerprint density at radius 3 is 2.71 bits per heavy atom. The molecule has 2 aliphatic rings. The van der Waals surface area contributed by atoms with Crippen molar-refractivity contribution in [3.05, 3.63) is 76.5 Å². The van der Waals surface area contributed by atoms with Gasteiger partial charge in [0, 0.05) is 16.9 Å². The molecule has 9 nitrogen and oxygen atoms in total. The number of hydrogen-bond acceptors (Lipinski definition) is 8. The number of para-hydroxylation sites is 3. The lowest BCUT2D eigenvalue weighted by Crippen LogP contribution is -2.41. The standard InChI is InChI=1S/C27H25N5O4S2/c1-36-22-11-5-4-10-20(22)29-24(34)16-38-27-31-19-9-3-2-8-18(19)25-30-21(26(35)32(25)27)12-13-23(33)28-15-17-7-6-14-37-17/h2-11,14,21H,12-13,15-16H2,1H3,(H,28,33)(H,29,34)/t21-/m0/s1. The second-order valence-corrected chi connectivity index (χ2v) is 10.5. The molecule has 1 aromatic heterocycles. The molecule has 0 spiro atoms. The van der Waals surface area contributed by atoms with Crippen LogP contribution in [0.3, 0.4) is 0 Å². The molecule has 0 saturated carbocycles. The second-order valence-electron chi connectivity index (χ2n) is 8.49. The molecule has 5 rings (SSSR count). The second kappa shape index (κ2) is 11.6. The van der Waals surface area contributed by atoms with Gasteiger partial charge in [-0.25, -0.2) is 9.89 Å². The smallest absolute Gasteiger partial charge is 0.259 e. The van der Waals surface area contributed by atoms with E-state index in [0.29, 0.717) is 34.7 Å². The summed E-state index contributed by atoms with van der Waals surface area (Å²) in [5, 5.41) is 8.07. The highest BCUT2D eigenvalue weighted by Crippen LogP contribution is 2.34. The maximum Gasteiger partial charge on any atom is 0.259 e. The molecule has 3 amide bonds. The van der Waals surface area contributed by atoms with Crippen molar-refractivity contribution in [2.24, 2.45) is 9.98 Å². The summed E-state index contributed by atoms with van der Waals surface area (Å²) in [5.41, 5.74) is 1.99. The van der Waals surface area contributed by atoms with Crippen LogP contribution in [-0.4, -0.2) is 52.5 Å². The summed E-state index contributed by atoms with van der Waals surface area (Å²) in [4.78, 5) is 50.4. The van der Waals surface area contributed by atoms with Gasteiger partial charge in [0.25, 0.3) is 5.91 Å². The van der Waals surface area contributed by atoms with Crippen LogP contribution >= 0.6 is 23.1 Å². The molecule has 0 bridgehead atoms. The minimum atomic E-state index is -0.697. The summed E-state index contributed by atoms with van der Waals surface area (Å²) in [6.07, 6.45) is 0.457. The van der Waals surface area contributed by atoms with E-state index in [1.165, 1.54) is 12.0 Å². The summed E-state index contributed by atoms with van der Waals surface area (Å²) in [7, 11) is 1.54. The van der Waals surface area contributed by atoms with Crippen LogP contribution in [0.5, 0.6) is 5.75 Å². The number of methoxy groups -OCH3 is 1. The Morgan fingerprint density at radius 2 is 1.89 bits per heavy atom. The minimum Gasteiger partial charge on any atom is -0.495 e. The van der Waals surface area contributed by atoms with E-state index in [4.69, 9.17) is 4.74 Å². The van der Waals surface area contributed by atoms with E-state index in [1.807, 2.05) is 53.9 Å². The maximum atomic E-state index is 13.4. The van der Waals surface area contributed by atoms with Crippen molar-refractivity contribution in [3.63, 3.8) is 0 Å². The van der Waals surface area contributed by atoms with Crippen LogP contribution in [0, 0.1) is 0 Å². The van der Waals surface area contributed by atoms with E-state index in [0.717, 1.165) is 22.2 Å². The molecule has 1 atom stereocenters. The number of nitrogens with one attached hydrogen (secondary N) is 2. The van der Waals surface area contributed by atoms with Crippen molar-refractivity contribution in [2.75, 3.05) is 18.2 Å². The normalized spacial score (nSPS) is 15.8. The van der Waals surface area contributed by atoms with Crippen LogP contribution in [0.1, 0.15) is 23.3 Å². The van der Waals surface area contributed by atoms with E-state index >= 15 is 0 Å². The Morgan fingerprint density at radius 1 is 1.08 bits per heavy atom. The van der Waals surface area contributed by atoms with E-state index in [-0.39, 0.29) is 36.3 Å². The molecule has 0 unspecified atom stereocenters.